The van der Waals surface area contributed by atoms with Gasteiger partial charge in [-0.05, 0) is 52.1 Å². The van der Waals surface area contributed by atoms with E-state index in [2.05, 4.69) is 103 Å². The Morgan fingerprint density at radius 2 is 1.15 bits per heavy atom. The van der Waals surface area contributed by atoms with E-state index in [0.717, 1.165) is 21.9 Å². The Morgan fingerprint density at radius 1 is 0.485 bits per heavy atom. The fourth-order valence-electron chi connectivity index (χ4n) is 4.70. The third-order valence-corrected chi connectivity index (χ3v) is 6.49. The molecule has 0 aliphatic carbocycles. The zero-order valence-corrected chi connectivity index (χ0v) is 18.7. The number of fused-ring (bicyclic) bond motifs is 3. The molecule has 0 saturated carbocycles. The van der Waals surface area contributed by atoms with E-state index in [1.54, 1.807) is 0 Å². The van der Waals surface area contributed by atoms with Gasteiger partial charge >= 0.3 is 0 Å². The van der Waals surface area contributed by atoms with Crippen LogP contribution < -0.4 is 0 Å². The molecule has 0 aliphatic heterocycles. The summed E-state index contributed by atoms with van der Waals surface area (Å²) in [5, 5.41) is 2.87. The first-order chi connectivity index (χ1) is 16.3. The van der Waals surface area contributed by atoms with Gasteiger partial charge in [-0.15, -0.1) is 0 Å². The van der Waals surface area contributed by atoms with Gasteiger partial charge in [0, 0.05) is 27.8 Å². The minimum absolute atomic E-state index is 0.174. The van der Waals surface area contributed by atoms with Crippen LogP contribution in [0.15, 0.2) is 126 Å². The van der Waals surface area contributed by atoms with Crippen molar-refractivity contribution in [3.8, 4) is 11.1 Å². The first-order valence-corrected chi connectivity index (χ1v) is 11.5. The van der Waals surface area contributed by atoms with E-state index in [1.165, 1.54) is 27.8 Å². The maximum atomic E-state index is 6.16. The van der Waals surface area contributed by atoms with Crippen molar-refractivity contribution in [3.63, 3.8) is 0 Å². The minimum Gasteiger partial charge on any atom is -0.456 e. The lowest BCUT2D eigenvalue weighted by Gasteiger charge is -2.19. The van der Waals surface area contributed by atoms with Crippen LogP contribution in [0, 0.1) is 0 Å². The van der Waals surface area contributed by atoms with E-state index in [-0.39, 0.29) is 5.92 Å². The Balaban J connectivity index is 1.48. The molecule has 0 saturated heterocycles. The molecule has 158 valence electrons. The molecule has 2 heteroatoms. The van der Waals surface area contributed by atoms with Gasteiger partial charge in [-0.3, -0.25) is 0 Å². The fraction of sp³-hybridized carbons (Fsp3) is 0.0323. The average molecular weight is 445 g/mol. The highest BCUT2D eigenvalue weighted by molar-refractivity contribution is 6.31. The molecule has 5 aromatic carbocycles. The quantitative estimate of drug-likeness (QED) is 0.247. The Hall–Kier alpha value is -3.81. The predicted molar refractivity (Wildman–Crippen MR) is 138 cm³/mol. The Bertz CT molecular complexity index is 1530. The van der Waals surface area contributed by atoms with Gasteiger partial charge in [-0.2, -0.15) is 0 Å². The second-order valence-corrected chi connectivity index (χ2v) is 8.77. The van der Waals surface area contributed by atoms with Gasteiger partial charge < -0.3 is 4.42 Å². The lowest BCUT2D eigenvalue weighted by atomic mass is 9.84. The van der Waals surface area contributed by atoms with E-state index in [0.29, 0.717) is 5.02 Å². The molecule has 0 N–H and O–H groups in total. The number of rotatable bonds is 4. The molecule has 1 nitrogen and oxygen atoms in total. The smallest absolute Gasteiger partial charge is 0.136 e. The van der Waals surface area contributed by atoms with E-state index in [9.17, 15) is 0 Å². The summed E-state index contributed by atoms with van der Waals surface area (Å²) >= 11 is 6.16. The average Bonchev–Trinajstić information content (AvgIpc) is 3.22. The lowest BCUT2D eigenvalue weighted by molar-refractivity contribution is 0.669. The van der Waals surface area contributed by atoms with Gasteiger partial charge in [0.15, 0.2) is 0 Å². The lowest BCUT2D eigenvalue weighted by Crippen LogP contribution is -2.03. The van der Waals surface area contributed by atoms with Crippen molar-refractivity contribution in [2.24, 2.45) is 0 Å². The molecule has 0 spiro atoms. The molecule has 0 aliphatic rings. The van der Waals surface area contributed by atoms with Crippen molar-refractivity contribution in [2.75, 3.05) is 0 Å². The maximum Gasteiger partial charge on any atom is 0.136 e. The second kappa shape index (κ2) is 8.27. The summed E-state index contributed by atoms with van der Waals surface area (Å²) in [5.74, 6) is 0.174. The van der Waals surface area contributed by atoms with Gasteiger partial charge in [0.2, 0.25) is 0 Å². The number of benzene rings is 5. The molecular formula is C31H21ClO. The highest BCUT2D eigenvalue weighted by atomic mass is 35.5. The molecule has 6 rings (SSSR count). The highest BCUT2D eigenvalue weighted by Gasteiger charge is 2.17. The summed E-state index contributed by atoms with van der Waals surface area (Å²) in [4.78, 5) is 0. The van der Waals surface area contributed by atoms with Crippen molar-refractivity contribution in [3.05, 3.63) is 143 Å². The van der Waals surface area contributed by atoms with Crippen molar-refractivity contribution >= 4 is 33.5 Å². The molecule has 0 bridgehead atoms. The van der Waals surface area contributed by atoms with Crippen molar-refractivity contribution in [1.82, 2.24) is 0 Å². The molecule has 1 heterocycles. The van der Waals surface area contributed by atoms with Crippen molar-refractivity contribution < 1.29 is 4.42 Å². The Labute approximate surface area is 197 Å². The standard InChI is InChI=1S/C31H21ClO/c32-26-15-16-27-28-19-24(14-17-29(28)33-30(27)20-26)23-12-7-13-25(18-23)31(21-8-3-1-4-9-21)22-10-5-2-6-11-22/h1-20,31H. The molecule has 6 aromatic rings. The van der Waals surface area contributed by atoms with E-state index in [4.69, 9.17) is 16.0 Å². The predicted octanol–water partition coefficient (Wildman–Crippen LogP) is 9.09. The first-order valence-electron chi connectivity index (χ1n) is 11.1. The van der Waals surface area contributed by atoms with Crippen LogP contribution in [-0.2, 0) is 0 Å². The summed E-state index contributed by atoms with van der Waals surface area (Å²) in [6.45, 7) is 0. The summed E-state index contributed by atoms with van der Waals surface area (Å²) in [6.07, 6.45) is 0. The Kier molecular flexibility index (Phi) is 4.97. The van der Waals surface area contributed by atoms with Crippen LogP contribution >= 0.6 is 11.6 Å². The largest absolute Gasteiger partial charge is 0.456 e. The maximum absolute atomic E-state index is 6.16. The summed E-state index contributed by atoms with van der Waals surface area (Å²) in [7, 11) is 0. The molecule has 33 heavy (non-hydrogen) atoms. The molecule has 0 atom stereocenters. The minimum atomic E-state index is 0.174. The second-order valence-electron chi connectivity index (χ2n) is 8.33. The monoisotopic (exact) mass is 444 g/mol. The summed E-state index contributed by atoms with van der Waals surface area (Å²) < 4.78 is 6.02. The molecule has 0 radical (unpaired) electrons. The molecule has 0 unspecified atom stereocenters. The highest BCUT2D eigenvalue weighted by Crippen LogP contribution is 2.36. The topological polar surface area (TPSA) is 13.1 Å². The van der Waals surface area contributed by atoms with Crippen LogP contribution in [0.1, 0.15) is 22.6 Å². The zero-order valence-electron chi connectivity index (χ0n) is 17.9. The number of hydrogen-bond donors (Lipinski definition) is 0. The van der Waals surface area contributed by atoms with Gasteiger partial charge in [0.05, 0.1) is 0 Å². The van der Waals surface area contributed by atoms with Gasteiger partial charge in [0.1, 0.15) is 11.2 Å². The van der Waals surface area contributed by atoms with Crippen molar-refractivity contribution in [1.29, 1.82) is 0 Å². The summed E-state index contributed by atoms with van der Waals surface area (Å²) in [6, 6.07) is 42.5. The van der Waals surface area contributed by atoms with Crippen LogP contribution in [0.4, 0.5) is 0 Å². The number of hydrogen-bond acceptors (Lipinski definition) is 1. The van der Waals surface area contributed by atoms with Gasteiger partial charge in [-0.1, -0.05) is 103 Å². The van der Waals surface area contributed by atoms with Crippen LogP contribution in [0.3, 0.4) is 0 Å². The molecule has 0 amide bonds. The van der Waals surface area contributed by atoms with E-state index in [1.807, 2.05) is 18.2 Å². The normalized spacial score (nSPS) is 11.5. The molecule has 1 aromatic heterocycles. The third kappa shape index (κ3) is 3.71. The summed E-state index contributed by atoms with van der Waals surface area (Å²) in [5.41, 5.74) is 7.89. The van der Waals surface area contributed by atoms with E-state index < -0.39 is 0 Å². The SMILES string of the molecule is Clc1ccc2c(c1)oc1ccc(-c3cccc(C(c4ccccc4)c4ccccc4)c3)cc12. The van der Waals surface area contributed by atoms with E-state index >= 15 is 0 Å². The van der Waals surface area contributed by atoms with Crippen LogP contribution in [0.5, 0.6) is 0 Å². The zero-order chi connectivity index (χ0) is 22.2. The van der Waals surface area contributed by atoms with Crippen molar-refractivity contribution in [2.45, 2.75) is 5.92 Å². The number of halogens is 1. The molecular weight excluding hydrogens is 424 g/mol. The van der Waals surface area contributed by atoms with Crippen LogP contribution in [-0.4, -0.2) is 0 Å². The third-order valence-electron chi connectivity index (χ3n) is 6.25. The van der Waals surface area contributed by atoms with Crippen LogP contribution in [0.25, 0.3) is 33.1 Å². The molecule has 0 fully saturated rings. The van der Waals surface area contributed by atoms with Gasteiger partial charge in [-0.25, -0.2) is 0 Å². The Morgan fingerprint density at radius 3 is 1.88 bits per heavy atom. The van der Waals surface area contributed by atoms with Crippen LogP contribution in [0.2, 0.25) is 5.02 Å². The van der Waals surface area contributed by atoms with Gasteiger partial charge in [0.25, 0.3) is 0 Å². The number of furan rings is 1. The first kappa shape index (κ1) is 19.8. The fourth-order valence-corrected chi connectivity index (χ4v) is 4.86.